The van der Waals surface area contributed by atoms with Crippen LogP contribution in [-0.4, -0.2) is 27.6 Å². The van der Waals surface area contributed by atoms with E-state index in [0.29, 0.717) is 0 Å². The van der Waals surface area contributed by atoms with Crippen molar-refractivity contribution in [2.24, 2.45) is 0 Å². The second-order valence-electron chi connectivity index (χ2n) is 4.28. The molecule has 14 heavy (non-hydrogen) atoms. The third-order valence-corrected chi connectivity index (χ3v) is 6.64. The zero-order valence-electron chi connectivity index (χ0n) is 9.36. The second-order valence-corrected chi connectivity index (χ2v) is 8.57. The molecular weight excluding hydrogens is 199 g/mol. The standard InChI is InChI=1S/C9H21N2O2P/c1-8(2)11-14(12,13,9(3)4)7-5-6-10/h8-9,11-13H,5,7H2,1-4H3. The van der Waals surface area contributed by atoms with Gasteiger partial charge in [0.25, 0.3) is 0 Å². The summed E-state index contributed by atoms with van der Waals surface area (Å²) in [6.45, 7) is 7.26. The molecule has 0 bridgehead atoms. The third-order valence-electron chi connectivity index (χ3n) is 2.29. The molecule has 0 fully saturated rings. The Hall–Kier alpha value is -0.200. The average molecular weight is 220 g/mol. The van der Waals surface area contributed by atoms with E-state index in [-0.39, 0.29) is 24.3 Å². The summed E-state index contributed by atoms with van der Waals surface area (Å²) in [5.41, 5.74) is -0.253. The Labute approximate surface area is 86.1 Å². The summed E-state index contributed by atoms with van der Waals surface area (Å²) >= 11 is 0. The van der Waals surface area contributed by atoms with Crippen LogP contribution in [-0.2, 0) is 0 Å². The van der Waals surface area contributed by atoms with Crippen molar-refractivity contribution in [1.82, 2.24) is 5.09 Å². The summed E-state index contributed by atoms with van der Waals surface area (Å²) in [6, 6.07) is 1.95. The molecule has 5 heteroatoms. The predicted octanol–water partition coefficient (Wildman–Crippen LogP) is 1.59. The Morgan fingerprint density at radius 2 is 1.79 bits per heavy atom. The summed E-state index contributed by atoms with van der Waals surface area (Å²) < 4.78 is 0. The fourth-order valence-corrected chi connectivity index (χ4v) is 3.91. The molecule has 0 unspecified atom stereocenters. The fraction of sp³-hybridized carbons (Fsp3) is 0.889. The normalized spacial score (nSPS) is 15.2. The van der Waals surface area contributed by atoms with Crippen LogP contribution in [0.5, 0.6) is 0 Å². The second kappa shape index (κ2) is 4.55. The minimum atomic E-state index is -3.86. The average Bonchev–Trinajstić information content (AvgIpc) is 1.99. The van der Waals surface area contributed by atoms with E-state index < -0.39 is 7.21 Å². The molecule has 0 aliphatic heterocycles. The van der Waals surface area contributed by atoms with Crippen LogP contribution in [0, 0.1) is 11.3 Å². The van der Waals surface area contributed by atoms with E-state index in [4.69, 9.17) is 5.26 Å². The Balaban J connectivity index is 4.75. The van der Waals surface area contributed by atoms with Gasteiger partial charge in [-0.3, -0.25) is 0 Å². The summed E-state index contributed by atoms with van der Waals surface area (Å²) in [7, 11) is -3.86. The first-order valence-corrected chi connectivity index (χ1v) is 7.27. The van der Waals surface area contributed by atoms with Crippen molar-refractivity contribution in [3.63, 3.8) is 0 Å². The molecule has 0 rings (SSSR count). The van der Waals surface area contributed by atoms with Gasteiger partial charge in [-0.05, 0) is 0 Å². The van der Waals surface area contributed by atoms with E-state index in [2.05, 4.69) is 5.09 Å². The van der Waals surface area contributed by atoms with Gasteiger partial charge in [-0.25, -0.2) is 0 Å². The molecule has 0 saturated carbocycles. The number of hydrogen-bond donors (Lipinski definition) is 3. The number of nitrogens with one attached hydrogen (secondary N) is 1. The van der Waals surface area contributed by atoms with Crippen LogP contribution in [0.15, 0.2) is 0 Å². The van der Waals surface area contributed by atoms with Crippen molar-refractivity contribution in [3.8, 4) is 6.07 Å². The van der Waals surface area contributed by atoms with Gasteiger partial charge in [-0.1, -0.05) is 0 Å². The third kappa shape index (κ3) is 3.51. The molecule has 0 aliphatic carbocycles. The predicted molar refractivity (Wildman–Crippen MR) is 59.9 cm³/mol. The molecule has 0 aromatic heterocycles. The summed E-state index contributed by atoms with van der Waals surface area (Å²) in [4.78, 5) is 20.6. The number of nitrogens with zero attached hydrogens (tertiary/aromatic N) is 1. The molecule has 0 spiro atoms. The Morgan fingerprint density at radius 1 is 1.29 bits per heavy atom. The van der Waals surface area contributed by atoms with E-state index in [0.717, 1.165) is 0 Å². The van der Waals surface area contributed by atoms with Gasteiger partial charge >= 0.3 is 85.4 Å². The van der Waals surface area contributed by atoms with Crippen molar-refractivity contribution in [2.45, 2.75) is 45.8 Å². The van der Waals surface area contributed by atoms with Crippen LogP contribution >= 0.6 is 7.21 Å². The van der Waals surface area contributed by atoms with E-state index in [1.807, 2.05) is 19.9 Å². The van der Waals surface area contributed by atoms with Gasteiger partial charge in [0, 0.05) is 0 Å². The van der Waals surface area contributed by atoms with Crippen LogP contribution in [0.4, 0.5) is 0 Å². The summed E-state index contributed by atoms with van der Waals surface area (Å²) in [5.74, 6) is 0. The Kier molecular flexibility index (Phi) is 4.48. The van der Waals surface area contributed by atoms with Gasteiger partial charge < -0.3 is 0 Å². The van der Waals surface area contributed by atoms with E-state index in [1.165, 1.54) is 0 Å². The fourth-order valence-electron chi connectivity index (χ4n) is 1.30. The zero-order valence-corrected chi connectivity index (χ0v) is 10.3. The number of rotatable bonds is 5. The minimum absolute atomic E-state index is 0.00348. The molecule has 0 heterocycles. The van der Waals surface area contributed by atoms with Gasteiger partial charge in [-0.2, -0.15) is 0 Å². The van der Waals surface area contributed by atoms with Crippen molar-refractivity contribution < 1.29 is 9.79 Å². The maximum atomic E-state index is 10.3. The van der Waals surface area contributed by atoms with Crippen molar-refractivity contribution in [1.29, 1.82) is 5.26 Å². The van der Waals surface area contributed by atoms with E-state index >= 15 is 0 Å². The molecule has 0 aliphatic rings. The summed E-state index contributed by atoms with van der Waals surface area (Å²) in [5, 5.41) is 11.3. The molecule has 4 nitrogen and oxygen atoms in total. The molecule has 84 valence electrons. The van der Waals surface area contributed by atoms with Crippen molar-refractivity contribution in [3.05, 3.63) is 0 Å². The van der Waals surface area contributed by atoms with Gasteiger partial charge in [-0.15, -0.1) is 0 Å². The van der Waals surface area contributed by atoms with E-state index in [1.54, 1.807) is 13.8 Å². The molecule has 0 aromatic rings. The molecule has 0 atom stereocenters. The SMILES string of the molecule is CC(C)NP(O)(O)(CCC#N)C(C)C. The molecular formula is C9H21N2O2P. The maximum absolute atomic E-state index is 10.3. The first-order chi connectivity index (χ1) is 6.21. The van der Waals surface area contributed by atoms with E-state index in [9.17, 15) is 9.79 Å². The number of hydrogen-bond acceptors (Lipinski definition) is 4. The summed E-state index contributed by atoms with van der Waals surface area (Å²) in [6.07, 6.45) is 0.306. The molecule has 0 aromatic carbocycles. The zero-order chi connectivity index (χ0) is 11.4. The Bertz CT molecular complexity index is 233. The van der Waals surface area contributed by atoms with Crippen LogP contribution < -0.4 is 5.09 Å². The van der Waals surface area contributed by atoms with Gasteiger partial charge in [0.2, 0.25) is 0 Å². The first-order valence-electron chi connectivity index (χ1n) is 4.87. The molecule has 0 radical (unpaired) electrons. The quantitative estimate of drug-likeness (QED) is 0.615. The topological polar surface area (TPSA) is 76.3 Å². The van der Waals surface area contributed by atoms with Gasteiger partial charge in [0.1, 0.15) is 0 Å². The van der Waals surface area contributed by atoms with Gasteiger partial charge in [0.05, 0.1) is 0 Å². The van der Waals surface area contributed by atoms with Crippen molar-refractivity contribution >= 4 is 7.21 Å². The van der Waals surface area contributed by atoms with Crippen LogP contribution in [0.3, 0.4) is 0 Å². The molecule has 0 saturated heterocycles. The first kappa shape index (κ1) is 13.8. The molecule has 0 amide bonds. The number of nitriles is 1. The van der Waals surface area contributed by atoms with Crippen molar-refractivity contribution in [2.75, 3.05) is 6.16 Å². The van der Waals surface area contributed by atoms with Crippen LogP contribution in [0.2, 0.25) is 0 Å². The molecule has 3 N–H and O–H groups in total. The van der Waals surface area contributed by atoms with Crippen LogP contribution in [0.1, 0.15) is 34.1 Å². The van der Waals surface area contributed by atoms with Gasteiger partial charge in [0.15, 0.2) is 0 Å². The van der Waals surface area contributed by atoms with Crippen LogP contribution in [0.25, 0.3) is 0 Å². The monoisotopic (exact) mass is 220 g/mol. The Morgan fingerprint density at radius 3 is 2.07 bits per heavy atom.